The van der Waals surface area contributed by atoms with Gasteiger partial charge >= 0.3 is 5.97 Å². The predicted octanol–water partition coefficient (Wildman–Crippen LogP) is 0.953. The lowest BCUT2D eigenvalue weighted by molar-refractivity contribution is -0.147. The van der Waals surface area contributed by atoms with Gasteiger partial charge in [-0.1, -0.05) is 0 Å². The lowest BCUT2D eigenvalue weighted by atomic mass is 10.0. The van der Waals surface area contributed by atoms with Crippen LogP contribution in [0.25, 0.3) is 0 Å². The summed E-state index contributed by atoms with van der Waals surface area (Å²) >= 11 is 0. The zero-order valence-electron chi connectivity index (χ0n) is 10.0. The monoisotopic (exact) mass is 215 g/mol. The number of carbonyl (C=O) groups is 1. The third kappa shape index (κ3) is 3.47. The van der Waals surface area contributed by atoms with Crippen molar-refractivity contribution in [1.82, 2.24) is 5.32 Å². The van der Waals surface area contributed by atoms with Crippen molar-refractivity contribution in [3.63, 3.8) is 0 Å². The number of nitrogens with one attached hydrogen (secondary N) is 1. The van der Waals surface area contributed by atoms with Crippen LogP contribution in [0, 0.1) is 5.92 Å². The van der Waals surface area contributed by atoms with Crippen molar-refractivity contribution in [2.24, 2.45) is 5.92 Å². The van der Waals surface area contributed by atoms with Crippen molar-refractivity contribution in [3.8, 4) is 0 Å². The molecule has 1 aliphatic carbocycles. The molecule has 0 heterocycles. The molecular weight excluding hydrogens is 194 g/mol. The average molecular weight is 215 g/mol. The fourth-order valence-corrected chi connectivity index (χ4v) is 1.75. The number of hydrogen-bond donors (Lipinski definition) is 1. The van der Waals surface area contributed by atoms with E-state index < -0.39 is 5.54 Å². The fraction of sp³-hybridized carbons (Fsp3) is 0.909. The van der Waals surface area contributed by atoms with E-state index in [-0.39, 0.29) is 12.0 Å². The van der Waals surface area contributed by atoms with Crippen LogP contribution in [-0.4, -0.2) is 38.4 Å². The molecule has 1 atom stereocenters. The number of esters is 1. The SMILES string of the molecule is COCC(NC(C)(C)C(=O)OC)C1CC1. The van der Waals surface area contributed by atoms with Gasteiger partial charge in [0.25, 0.3) is 0 Å². The fourth-order valence-electron chi connectivity index (χ4n) is 1.75. The molecule has 1 N–H and O–H groups in total. The van der Waals surface area contributed by atoms with Gasteiger partial charge < -0.3 is 9.47 Å². The Bertz CT molecular complexity index is 224. The topological polar surface area (TPSA) is 47.6 Å². The molecule has 0 aliphatic heterocycles. The average Bonchev–Trinajstić information content (AvgIpc) is 2.98. The smallest absolute Gasteiger partial charge is 0.325 e. The Morgan fingerprint density at radius 1 is 1.47 bits per heavy atom. The van der Waals surface area contributed by atoms with Gasteiger partial charge in [-0.3, -0.25) is 10.1 Å². The van der Waals surface area contributed by atoms with Crippen LogP contribution < -0.4 is 5.32 Å². The molecule has 1 aliphatic rings. The lowest BCUT2D eigenvalue weighted by Crippen LogP contribution is -2.54. The highest BCUT2D eigenvalue weighted by Crippen LogP contribution is 2.33. The summed E-state index contributed by atoms with van der Waals surface area (Å²) in [6, 6.07) is 0.254. The molecule has 1 rings (SSSR count). The maximum atomic E-state index is 11.5. The molecule has 88 valence electrons. The van der Waals surface area contributed by atoms with Crippen LogP contribution in [0.15, 0.2) is 0 Å². The Morgan fingerprint density at radius 2 is 2.07 bits per heavy atom. The lowest BCUT2D eigenvalue weighted by Gasteiger charge is -2.29. The summed E-state index contributed by atoms with van der Waals surface area (Å²) in [5, 5.41) is 3.31. The molecule has 0 aromatic carbocycles. The van der Waals surface area contributed by atoms with E-state index in [1.165, 1.54) is 20.0 Å². The zero-order chi connectivity index (χ0) is 11.5. The van der Waals surface area contributed by atoms with E-state index in [0.717, 1.165) is 0 Å². The number of methoxy groups -OCH3 is 2. The highest BCUT2D eigenvalue weighted by molar-refractivity contribution is 5.79. The van der Waals surface area contributed by atoms with Gasteiger partial charge in [0, 0.05) is 13.2 Å². The van der Waals surface area contributed by atoms with Crippen LogP contribution in [0.4, 0.5) is 0 Å². The molecule has 4 nitrogen and oxygen atoms in total. The van der Waals surface area contributed by atoms with Crippen molar-refractivity contribution in [2.75, 3.05) is 20.8 Å². The molecular formula is C11H21NO3. The second-order valence-corrected chi connectivity index (χ2v) is 4.66. The van der Waals surface area contributed by atoms with E-state index in [0.29, 0.717) is 12.5 Å². The van der Waals surface area contributed by atoms with Crippen molar-refractivity contribution in [2.45, 2.75) is 38.3 Å². The predicted molar refractivity (Wildman–Crippen MR) is 57.6 cm³/mol. The molecule has 0 saturated heterocycles. The summed E-state index contributed by atoms with van der Waals surface area (Å²) in [5.74, 6) is 0.415. The minimum absolute atomic E-state index is 0.232. The first-order valence-corrected chi connectivity index (χ1v) is 5.36. The number of carbonyl (C=O) groups excluding carboxylic acids is 1. The van der Waals surface area contributed by atoms with Crippen molar-refractivity contribution in [1.29, 1.82) is 0 Å². The highest BCUT2D eigenvalue weighted by atomic mass is 16.5. The van der Waals surface area contributed by atoms with Crippen LogP contribution in [-0.2, 0) is 14.3 Å². The molecule has 0 amide bonds. The Kier molecular flexibility index (Phi) is 4.11. The molecule has 0 spiro atoms. The Balaban J connectivity index is 2.51. The first-order chi connectivity index (χ1) is 7.01. The normalized spacial score (nSPS) is 18.7. The van der Waals surface area contributed by atoms with E-state index in [4.69, 9.17) is 9.47 Å². The van der Waals surface area contributed by atoms with Gasteiger partial charge in [0.1, 0.15) is 5.54 Å². The largest absolute Gasteiger partial charge is 0.468 e. The van der Waals surface area contributed by atoms with E-state index >= 15 is 0 Å². The second kappa shape index (κ2) is 4.94. The molecule has 0 aromatic heterocycles. The van der Waals surface area contributed by atoms with Crippen molar-refractivity contribution < 1.29 is 14.3 Å². The minimum Gasteiger partial charge on any atom is -0.468 e. The molecule has 0 aromatic rings. The minimum atomic E-state index is -0.638. The van der Waals surface area contributed by atoms with Gasteiger partial charge in [-0.25, -0.2) is 0 Å². The quantitative estimate of drug-likeness (QED) is 0.670. The molecule has 1 fully saturated rings. The van der Waals surface area contributed by atoms with Gasteiger partial charge in [-0.2, -0.15) is 0 Å². The van der Waals surface area contributed by atoms with Crippen LogP contribution in [0.5, 0.6) is 0 Å². The van der Waals surface area contributed by atoms with Gasteiger partial charge in [-0.15, -0.1) is 0 Å². The summed E-state index contributed by atoms with van der Waals surface area (Å²) < 4.78 is 9.90. The van der Waals surface area contributed by atoms with Crippen LogP contribution in [0.1, 0.15) is 26.7 Å². The standard InChI is InChI=1S/C11H21NO3/c1-11(2,10(13)15-4)12-9(7-14-3)8-5-6-8/h8-9,12H,5-7H2,1-4H3. The van der Waals surface area contributed by atoms with Gasteiger partial charge in [0.05, 0.1) is 13.7 Å². The van der Waals surface area contributed by atoms with E-state index in [1.807, 2.05) is 13.8 Å². The Labute approximate surface area is 91.3 Å². The Morgan fingerprint density at radius 3 is 2.47 bits per heavy atom. The summed E-state index contributed by atoms with van der Waals surface area (Å²) in [6.45, 7) is 4.32. The highest BCUT2D eigenvalue weighted by Gasteiger charge is 2.38. The van der Waals surface area contributed by atoms with Crippen LogP contribution in [0.3, 0.4) is 0 Å². The van der Waals surface area contributed by atoms with Crippen LogP contribution in [0.2, 0.25) is 0 Å². The number of ether oxygens (including phenoxy) is 2. The number of hydrogen-bond acceptors (Lipinski definition) is 4. The molecule has 1 unspecified atom stereocenters. The zero-order valence-corrected chi connectivity index (χ0v) is 10.0. The molecule has 4 heteroatoms. The third-order valence-electron chi connectivity index (χ3n) is 2.78. The summed E-state index contributed by atoms with van der Waals surface area (Å²) in [5.41, 5.74) is -0.638. The van der Waals surface area contributed by atoms with Crippen molar-refractivity contribution in [3.05, 3.63) is 0 Å². The summed E-state index contributed by atoms with van der Waals surface area (Å²) in [7, 11) is 3.09. The van der Waals surface area contributed by atoms with Gasteiger partial charge in [-0.05, 0) is 32.6 Å². The number of rotatable bonds is 6. The summed E-state index contributed by atoms with van der Waals surface area (Å²) in [4.78, 5) is 11.5. The van der Waals surface area contributed by atoms with E-state index in [1.54, 1.807) is 7.11 Å². The first-order valence-electron chi connectivity index (χ1n) is 5.36. The van der Waals surface area contributed by atoms with Crippen molar-refractivity contribution >= 4 is 5.97 Å². The molecule has 15 heavy (non-hydrogen) atoms. The maximum Gasteiger partial charge on any atom is 0.325 e. The Hall–Kier alpha value is -0.610. The van der Waals surface area contributed by atoms with Crippen LogP contribution >= 0.6 is 0 Å². The van der Waals surface area contributed by atoms with Gasteiger partial charge in [0.2, 0.25) is 0 Å². The first kappa shape index (κ1) is 12.5. The molecule has 0 radical (unpaired) electrons. The van der Waals surface area contributed by atoms with E-state index in [9.17, 15) is 4.79 Å². The van der Waals surface area contributed by atoms with E-state index in [2.05, 4.69) is 5.32 Å². The molecule has 0 bridgehead atoms. The summed E-state index contributed by atoms with van der Waals surface area (Å²) in [6.07, 6.45) is 2.44. The third-order valence-corrected chi connectivity index (χ3v) is 2.78. The second-order valence-electron chi connectivity index (χ2n) is 4.66. The van der Waals surface area contributed by atoms with Gasteiger partial charge in [0.15, 0.2) is 0 Å². The maximum absolute atomic E-state index is 11.5. The molecule has 1 saturated carbocycles.